The van der Waals surface area contributed by atoms with Crippen LogP contribution in [0.25, 0.3) is 0 Å². The van der Waals surface area contributed by atoms with E-state index in [1.165, 1.54) is 11.8 Å². The Hall–Kier alpha value is -4.25. The number of fused-ring (bicyclic) bond motifs is 1. The number of sulfonamides is 1. The summed E-state index contributed by atoms with van der Waals surface area (Å²) in [6.07, 6.45) is 5.27. The quantitative estimate of drug-likeness (QED) is 0.290. The number of hydrogen-bond acceptors (Lipinski definition) is 7. The van der Waals surface area contributed by atoms with Crippen LogP contribution in [0.3, 0.4) is 0 Å². The predicted octanol–water partition coefficient (Wildman–Crippen LogP) is 4.67. The van der Waals surface area contributed by atoms with Gasteiger partial charge in [0.1, 0.15) is 18.3 Å². The number of anilines is 1. The maximum absolute atomic E-state index is 14.5. The van der Waals surface area contributed by atoms with Crippen molar-refractivity contribution in [2.45, 2.75) is 64.1 Å². The van der Waals surface area contributed by atoms with Crippen LogP contribution in [-0.4, -0.2) is 63.4 Å². The van der Waals surface area contributed by atoms with Gasteiger partial charge in [0, 0.05) is 25.1 Å². The lowest BCUT2D eigenvalue weighted by Gasteiger charge is -2.35. The van der Waals surface area contributed by atoms with Gasteiger partial charge in [-0.1, -0.05) is 61.7 Å². The molecule has 0 spiro atoms. The molecule has 0 bridgehead atoms. The van der Waals surface area contributed by atoms with Crippen LogP contribution < -0.4 is 23.8 Å². The van der Waals surface area contributed by atoms with Gasteiger partial charge in [-0.3, -0.25) is 13.9 Å². The zero-order valence-electron chi connectivity index (χ0n) is 25.8. The Balaban J connectivity index is 1.52. The molecule has 2 aliphatic rings. The first kappa shape index (κ1) is 32.2. The second kappa shape index (κ2) is 14.7. The van der Waals surface area contributed by atoms with Crippen molar-refractivity contribution in [2.24, 2.45) is 0 Å². The van der Waals surface area contributed by atoms with Gasteiger partial charge in [-0.25, -0.2) is 8.42 Å². The Morgan fingerprint density at radius 1 is 0.933 bits per heavy atom. The summed E-state index contributed by atoms with van der Waals surface area (Å²) in [5.74, 6) is 0.531. The van der Waals surface area contributed by atoms with Crippen LogP contribution in [0.2, 0.25) is 0 Å². The van der Waals surface area contributed by atoms with Gasteiger partial charge in [0.05, 0.1) is 18.6 Å². The topological polar surface area (TPSA) is 114 Å². The van der Waals surface area contributed by atoms with Crippen molar-refractivity contribution in [1.82, 2.24) is 10.2 Å². The van der Waals surface area contributed by atoms with E-state index < -0.39 is 28.5 Å². The molecule has 1 fully saturated rings. The van der Waals surface area contributed by atoms with Crippen LogP contribution in [0.4, 0.5) is 5.69 Å². The second-order valence-electron chi connectivity index (χ2n) is 11.4. The number of rotatable bonds is 13. The Labute approximate surface area is 265 Å². The van der Waals surface area contributed by atoms with Crippen molar-refractivity contribution in [3.63, 3.8) is 0 Å². The molecular formula is C34H41N3O7S. The Bertz CT molecular complexity index is 1580. The number of nitrogens with zero attached hydrogens (tertiary/aromatic N) is 2. The minimum Gasteiger partial charge on any atom is -0.497 e. The molecule has 3 aromatic carbocycles. The summed E-state index contributed by atoms with van der Waals surface area (Å²) >= 11 is 0. The third-order valence-electron chi connectivity index (χ3n) is 8.33. The van der Waals surface area contributed by atoms with Gasteiger partial charge in [-0.15, -0.1) is 0 Å². The number of carbonyl (C=O) groups excluding carboxylic acids is 2. The molecule has 1 aliphatic heterocycles. The minimum atomic E-state index is -3.90. The fraction of sp³-hybridized carbons (Fsp3) is 0.412. The molecule has 0 aromatic heterocycles. The van der Waals surface area contributed by atoms with E-state index in [-0.39, 0.29) is 43.1 Å². The summed E-state index contributed by atoms with van der Waals surface area (Å²) in [6.45, 7) is 1.14. The van der Waals surface area contributed by atoms with Crippen LogP contribution in [-0.2, 0) is 32.6 Å². The molecule has 5 rings (SSSR count). The standard InChI is InChI=1S/C34H41N3O7S/c1-3-45(40,41)37(28-17-18-31-32(21-28)44-24-43-31)23-33(38)36(22-26-13-10-16-29(19-26)42-2)30(20-25-11-6-4-7-12-25)34(39)35-27-14-8-5-9-15-27/h4,6-7,10-13,16-19,21,27,30H,3,5,8-9,14-15,20,22-24H2,1-2H3,(H,35,39)/t30-/m1/s1. The van der Waals surface area contributed by atoms with E-state index in [4.69, 9.17) is 14.2 Å². The third-order valence-corrected chi connectivity index (χ3v) is 10.1. The summed E-state index contributed by atoms with van der Waals surface area (Å²) in [6, 6.07) is 20.8. The Kier molecular flexibility index (Phi) is 10.5. The van der Waals surface area contributed by atoms with Gasteiger partial charge in [0.2, 0.25) is 28.6 Å². The van der Waals surface area contributed by atoms with Crippen molar-refractivity contribution in [3.05, 3.63) is 83.9 Å². The highest BCUT2D eigenvalue weighted by Crippen LogP contribution is 2.36. The van der Waals surface area contributed by atoms with E-state index in [0.29, 0.717) is 17.2 Å². The van der Waals surface area contributed by atoms with E-state index in [0.717, 1.165) is 47.5 Å². The highest BCUT2D eigenvalue weighted by molar-refractivity contribution is 7.92. The fourth-order valence-corrected chi connectivity index (χ4v) is 6.88. The summed E-state index contributed by atoms with van der Waals surface area (Å²) < 4.78 is 44.3. The lowest BCUT2D eigenvalue weighted by Crippen LogP contribution is -2.55. The molecule has 1 N–H and O–H groups in total. The summed E-state index contributed by atoms with van der Waals surface area (Å²) in [5.41, 5.74) is 1.92. The molecule has 240 valence electrons. The molecule has 0 unspecified atom stereocenters. The van der Waals surface area contributed by atoms with E-state index in [1.807, 2.05) is 54.6 Å². The molecule has 1 aliphatic carbocycles. The predicted molar refractivity (Wildman–Crippen MR) is 172 cm³/mol. The zero-order valence-corrected chi connectivity index (χ0v) is 26.6. The molecule has 1 atom stereocenters. The van der Waals surface area contributed by atoms with E-state index >= 15 is 0 Å². The number of methoxy groups -OCH3 is 1. The fourth-order valence-electron chi connectivity index (χ4n) is 5.83. The summed E-state index contributed by atoms with van der Waals surface area (Å²) in [4.78, 5) is 30.1. The molecular weight excluding hydrogens is 594 g/mol. The van der Waals surface area contributed by atoms with Gasteiger partial charge in [0.25, 0.3) is 0 Å². The highest BCUT2D eigenvalue weighted by Gasteiger charge is 2.35. The maximum Gasteiger partial charge on any atom is 0.244 e. The third kappa shape index (κ3) is 8.08. The largest absolute Gasteiger partial charge is 0.497 e. The average Bonchev–Trinajstić information content (AvgIpc) is 3.54. The monoisotopic (exact) mass is 635 g/mol. The molecule has 45 heavy (non-hydrogen) atoms. The number of ether oxygens (including phenoxy) is 3. The normalized spacial score (nSPS) is 15.2. The van der Waals surface area contributed by atoms with E-state index in [2.05, 4.69) is 5.32 Å². The molecule has 0 radical (unpaired) electrons. The highest BCUT2D eigenvalue weighted by atomic mass is 32.2. The Morgan fingerprint density at radius 2 is 1.67 bits per heavy atom. The lowest BCUT2D eigenvalue weighted by molar-refractivity contribution is -0.140. The lowest BCUT2D eigenvalue weighted by atomic mass is 9.94. The first-order chi connectivity index (χ1) is 21.8. The number of amides is 2. The second-order valence-corrected chi connectivity index (χ2v) is 13.5. The van der Waals surface area contributed by atoms with Crippen LogP contribution in [0.5, 0.6) is 17.2 Å². The SMILES string of the molecule is CCS(=O)(=O)N(CC(=O)N(Cc1cccc(OC)c1)[C@H](Cc1ccccc1)C(=O)NC1CCCCC1)c1ccc2c(c1)OCO2. The van der Waals surface area contributed by atoms with Crippen LogP contribution in [0.15, 0.2) is 72.8 Å². The number of nitrogens with one attached hydrogen (secondary N) is 1. The molecule has 1 saturated carbocycles. The van der Waals surface area contributed by atoms with Crippen molar-refractivity contribution in [3.8, 4) is 17.2 Å². The Morgan fingerprint density at radius 3 is 2.40 bits per heavy atom. The van der Waals surface area contributed by atoms with Gasteiger partial charge in [-0.2, -0.15) is 0 Å². The minimum absolute atomic E-state index is 0.0314. The van der Waals surface area contributed by atoms with Crippen molar-refractivity contribution >= 4 is 27.5 Å². The van der Waals surface area contributed by atoms with Crippen LogP contribution in [0.1, 0.15) is 50.2 Å². The van der Waals surface area contributed by atoms with Crippen molar-refractivity contribution in [2.75, 3.05) is 30.5 Å². The molecule has 0 saturated heterocycles. The van der Waals surface area contributed by atoms with Gasteiger partial charge in [0.15, 0.2) is 11.5 Å². The summed E-state index contributed by atoms with van der Waals surface area (Å²) in [7, 11) is -2.34. The molecule has 11 heteroatoms. The van der Waals surface area contributed by atoms with E-state index in [9.17, 15) is 18.0 Å². The average molecular weight is 636 g/mol. The molecule has 1 heterocycles. The molecule has 10 nitrogen and oxygen atoms in total. The summed E-state index contributed by atoms with van der Waals surface area (Å²) in [5, 5.41) is 3.22. The van der Waals surface area contributed by atoms with Crippen LogP contribution >= 0.6 is 0 Å². The number of carbonyl (C=O) groups is 2. The van der Waals surface area contributed by atoms with E-state index in [1.54, 1.807) is 25.3 Å². The van der Waals surface area contributed by atoms with Crippen molar-refractivity contribution in [1.29, 1.82) is 0 Å². The first-order valence-corrected chi connectivity index (χ1v) is 17.0. The smallest absolute Gasteiger partial charge is 0.244 e. The molecule has 2 amide bonds. The number of hydrogen-bond donors (Lipinski definition) is 1. The van der Waals surface area contributed by atoms with Crippen molar-refractivity contribution < 1.29 is 32.2 Å². The van der Waals surface area contributed by atoms with Gasteiger partial charge < -0.3 is 24.4 Å². The molecule has 3 aromatic rings. The number of benzene rings is 3. The van der Waals surface area contributed by atoms with Gasteiger partial charge in [-0.05, 0) is 55.2 Å². The zero-order chi connectivity index (χ0) is 31.8. The van der Waals surface area contributed by atoms with Crippen LogP contribution in [0, 0.1) is 0 Å². The van der Waals surface area contributed by atoms with Gasteiger partial charge >= 0.3 is 0 Å². The first-order valence-electron chi connectivity index (χ1n) is 15.4. The maximum atomic E-state index is 14.5.